The van der Waals surface area contributed by atoms with Crippen LogP contribution in [0.15, 0.2) is 35.1 Å². The average molecular weight is 331 g/mol. The smallest absolute Gasteiger partial charge is 0.276 e. The van der Waals surface area contributed by atoms with Crippen molar-refractivity contribution in [1.29, 1.82) is 0 Å². The lowest BCUT2D eigenvalue weighted by molar-refractivity contribution is 0.102. The van der Waals surface area contributed by atoms with Crippen LogP contribution in [0.4, 0.5) is 10.1 Å². The van der Waals surface area contributed by atoms with Gasteiger partial charge in [0.1, 0.15) is 16.7 Å². The number of nitrogens with one attached hydrogen (secondary N) is 1. The van der Waals surface area contributed by atoms with E-state index in [1.54, 1.807) is 6.07 Å². The largest absolute Gasteiger partial charge is 0.318 e. The number of halogens is 3. The molecule has 0 fully saturated rings. The Hall–Kier alpha value is -1.53. The van der Waals surface area contributed by atoms with Gasteiger partial charge in [-0.15, -0.1) is 0 Å². The quantitative estimate of drug-likeness (QED) is 0.919. The lowest BCUT2D eigenvalue weighted by Crippen LogP contribution is -2.15. The van der Waals surface area contributed by atoms with E-state index in [4.69, 9.17) is 11.6 Å². The molecule has 1 heterocycles. The van der Waals surface area contributed by atoms with Gasteiger partial charge >= 0.3 is 0 Å². The van der Waals surface area contributed by atoms with Crippen molar-refractivity contribution in [3.05, 3.63) is 51.7 Å². The Labute approximate surface area is 115 Å². The van der Waals surface area contributed by atoms with Crippen LogP contribution in [0.1, 0.15) is 10.5 Å². The number of amides is 1. The van der Waals surface area contributed by atoms with Crippen LogP contribution in [-0.2, 0) is 0 Å². The van der Waals surface area contributed by atoms with Crippen LogP contribution in [0.3, 0.4) is 0 Å². The molecule has 1 aromatic carbocycles. The van der Waals surface area contributed by atoms with E-state index < -0.39 is 11.7 Å². The Morgan fingerprint density at radius 2 is 2.17 bits per heavy atom. The van der Waals surface area contributed by atoms with Crippen molar-refractivity contribution in [2.75, 3.05) is 5.32 Å². The summed E-state index contributed by atoms with van der Waals surface area (Å²) in [4.78, 5) is 19.3. The zero-order valence-corrected chi connectivity index (χ0v) is 11.2. The summed E-state index contributed by atoms with van der Waals surface area (Å²) in [6.45, 7) is 0. The summed E-state index contributed by atoms with van der Waals surface area (Å²) in [6.07, 6.45) is 2.55. The summed E-state index contributed by atoms with van der Waals surface area (Å²) in [5.41, 5.74) is 0.0785. The van der Waals surface area contributed by atoms with Crippen LogP contribution in [0.25, 0.3) is 0 Å². The number of aromatic nitrogens is 2. The molecule has 0 radical (unpaired) electrons. The second-order valence-corrected chi connectivity index (χ2v) is 4.61. The number of hydrogen-bond donors (Lipinski definition) is 1. The second-order valence-electron chi connectivity index (χ2n) is 3.31. The lowest BCUT2D eigenvalue weighted by atomic mass is 10.3. The van der Waals surface area contributed by atoms with Crippen LogP contribution in [-0.4, -0.2) is 15.9 Å². The number of carbonyl (C=O) groups excluding carboxylic acids is 1. The molecule has 0 saturated heterocycles. The highest BCUT2D eigenvalue weighted by molar-refractivity contribution is 9.10. The van der Waals surface area contributed by atoms with E-state index in [0.29, 0.717) is 4.47 Å². The van der Waals surface area contributed by atoms with E-state index in [-0.39, 0.29) is 16.5 Å². The summed E-state index contributed by atoms with van der Waals surface area (Å²) in [5.74, 6) is -1.13. The molecule has 0 spiro atoms. The summed E-state index contributed by atoms with van der Waals surface area (Å²) < 4.78 is 14.1. The zero-order valence-electron chi connectivity index (χ0n) is 8.82. The highest BCUT2D eigenvalue weighted by Gasteiger charge is 2.11. The Morgan fingerprint density at radius 1 is 1.39 bits per heavy atom. The van der Waals surface area contributed by atoms with Crippen LogP contribution >= 0.6 is 27.5 Å². The van der Waals surface area contributed by atoms with Gasteiger partial charge in [-0.3, -0.25) is 9.78 Å². The highest BCUT2D eigenvalue weighted by Crippen LogP contribution is 2.19. The van der Waals surface area contributed by atoms with Gasteiger partial charge in [-0.2, -0.15) is 0 Å². The molecule has 18 heavy (non-hydrogen) atoms. The van der Waals surface area contributed by atoms with Crippen molar-refractivity contribution in [3.8, 4) is 0 Å². The third-order valence-electron chi connectivity index (χ3n) is 2.02. The highest BCUT2D eigenvalue weighted by atomic mass is 79.9. The molecular formula is C11H6BrClFN3O. The molecule has 0 aliphatic rings. The van der Waals surface area contributed by atoms with Gasteiger partial charge in [0.2, 0.25) is 0 Å². The van der Waals surface area contributed by atoms with Gasteiger partial charge in [0.25, 0.3) is 5.91 Å². The second kappa shape index (κ2) is 5.41. The monoisotopic (exact) mass is 329 g/mol. The molecule has 0 aliphatic heterocycles. The molecule has 0 saturated carbocycles. The van der Waals surface area contributed by atoms with Gasteiger partial charge in [0.15, 0.2) is 0 Å². The van der Waals surface area contributed by atoms with Gasteiger partial charge in [-0.1, -0.05) is 27.5 Å². The van der Waals surface area contributed by atoms with Crippen molar-refractivity contribution in [2.24, 2.45) is 0 Å². The molecular weight excluding hydrogens is 324 g/mol. The molecule has 4 nitrogen and oxygen atoms in total. The van der Waals surface area contributed by atoms with Gasteiger partial charge in [-0.25, -0.2) is 9.37 Å². The molecule has 0 aliphatic carbocycles. The van der Waals surface area contributed by atoms with E-state index >= 15 is 0 Å². The predicted molar refractivity (Wildman–Crippen MR) is 69.1 cm³/mol. The van der Waals surface area contributed by atoms with Gasteiger partial charge < -0.3 is 5.32 Å². The molecule has 2 aromatic rings. The fraction of sp³-hybridized carbons (Fsp3) is 0. The minimum Gasteiger partial charge on any atom is -0.318 e. The van der Waals surface area contributed by atoms with Crippen molar-refractivity contribution in [1.82, 2.24) is 9.97 Å². The standard InChI is InChI=1S/C11H6BrClFN3O/c12-6-1-2-8(7(14)3-6)17-11(18)9-4-15-5-10(13)16-9/h1-5H,(H,17,18). The van der Waals surface area contributed by atoms with Crippen molar-refractivity contribution in [2.45, 2.75) is 0 Å². The number of hydrogen-bond acceptors (Lipinski definition) is 3. The van der Waals surface area contributed by atoms with Crippen molar-refractivity contribution in [3.63, 3.8) is 0 Å². The van der Waals surface area contributed by atoms with Crippen molar-refractivity contribution >= 4 is 39.1 Å². The molecule has 1 amide bonds. The first-order valence-electron chi connectivity index (χ1n) is 4.80. The first kappa shape index (κ1) is 12.9. The SMILES string of the molecule is O=C(Nc1ccc(Br)cc1F)c1cncc(Cl)n1. The first-order chi connectivity index (χ1) is 8.56. The maximum Gasteiger partial charge on any atom is 0.276 e. The van der Waals surface area contributed by atoms with E-state index in [2.05, 4.69) is 31.2 Å². The minimum atomic E-state index is -0.578. The number of benzene rings is 1. The van der Waals surface area contributed by atoms with E-state index in [1.165, 1.54) is 24.5 Å². The molecule has 1 N–H and O–H groups in total. The molecule has 0 unspecified atom stereocenters. The minimum absolute atomic E-state index is 0.0184. The fourth-order valence-corrected chi connectivity index (χ4v) is 1.71. The molecule has 1 aromatic heterocycles. The maximum absolute atomic E-state index is 13.5. The Kier molecular flexibility index (Phi) is 3.88. The number of carbonyl (C=O) groups is 1. The summed E-state index contributed by atoms with van der Waals surface area (Å²) in [7, 11) is 0. The Balaban J connectivity index is 2.21. The summed E-state index contributed by atoms with van der Waals surface area (Å²) >= 11 is 8.73. The topological polar surface area (TPSA) is 54.9 Å². The first-order valence-corrected chi connectivity index (χ1v) is 5.97. The van der Waals surface area contributed by atoms with E-state index in [0.717, 1.165) is 0 Å². The van der Waals surface area contributed by atoms with Gasteiger partial charge in [-0.05, 0) is 18.2 Å². The van der Waals surface area contributed by atoms with Crippen LogP contribution < -0.4 is 5.32 Å². The molecule has 0 bridgehead atoms. The maximum atomic E-state index is 13.5. The number of anilines is 1. The average Bonchev–Trinajstić information content (AvgIpc) is 2.32. The van der Waals surface area contributed by atoms with E-state index in [1.807, 2.05) is 0 Å². The summed E-state index contributed by atoms with van der Waals surface area (Å²) in [6, 6.07) is 4.30. The zero-order chi connectivity index (χ0) is 13.1. The van der Waals surface area contributed by atoms with Gasteiger partial charge in [0, 0.05) is 4.47 Å². The van der Waals surface area contributed by atoms with Crippen LogP contribution in [0.5, 0.6) is 0 Å². The third-order valence-corrected chi connectivity index (χ3v) is 2.69. The fourth-order valence-electron chi connectivity index (χ4n) is 1.23. The Morgan fingerprint density at radius 3 is 2.83 bits per heavy atom. The lowest BCUT2D eigenvalue weighted by Gasteiger charge is -2.06. The van der Waals surface area contributed by atoms with E-state index in [9.17, 15) is 9.18 Å². The molecule has 2 rings (SSSR count). The van der Waals surface area contributed by atoms with Crippen molar-refractivity contribution < 1.29 is 9.18 Å². The van der Waals surface area contributed by atoms with Crippen LogP contribution in [0, 0.1) is 5.82 Å². The predicted octanol–water partition coefficient (Wildman–Crippen LogP) is 3.28. The Bertz CT molecular complexity index is 609. The molecule has 92 valence electrons. The number of rotatable bonds is 2. The van der Waals surface area contributed by atoms with Crippen LogP contribution in [0.2, 0.25) is 5.15 Å². The number of nitrogens with zero attached hydrogens (tertiary/aromatic N) is 2. The molecule has 7 heteroatoms. The summed E-state index contributed by atoms with van der Waals surface area (Å²) in [5, 5.41) is 2.48. The third kappa shape index (κ3) is 3.02. The molecule has 0 atom stereocenters. The normalized spacial score (nSPS) is 10.2. The van der Waals surface area contributed by atoms with Gasteiger partial charge in [0.05, 0.1) is 18.1 Å².